The third kappa shape index (κ3) is 3.21. The second kappa shape index (κ2) is 5.42. The first-order valence-electron chi connectivity index (χ1n) is 6.07. The van der Waals surface area contributed by atoms with E-state index in [1.165, 1.54) is 18.4 Å². The molecule has 0 aliphatic rings. The molecule has 0 unspecified atom stereocenters. The van der Waals surface area contributed by atoms with Crippen LogP contribution in [-0.4, -0.2) is 21.6 Å². The molecule has 0 spiro atoms. The number of aromatic nitrogens is 1. The maximum atomic E-state index is 13.1. The number of carboxylic acids is 1. The Kier molecular flexibility index (Phi) is 3.85. The number of benzene rings is 1. The summed E-state index contributed by atoms with van der Waals surface area (Å²) in [7, 11) is 0. The number of oxazole rings is 1. The highest BCUT2D eigenvalue weighted by Gasteiger charge is 2.26. The SMILES string of the molecule is CC(C)(NCc1coc(-c2cccc(F)c2)n1)C(=O)O. The van der Waals surface area contributed by atoms with Gasteiger partial charge in [-0.25, -0.2) is 9.37 Å². The number of nitrogens with zero attached hydrogens (tertiary/aromatic N) is 1. The zero-order chi connectivity index (χ0) is 14.8. The molecule has 0 bridgehead atoms. The summed E-state index contributed by atoms with van der Waals surface area (Å²) >= 11 is 0. The number of carboxylic acid groups (broad SMARTS) is 1. The molecule has 6 heteroatoms. The molecule has 2 aromatic rings. The van der Waals surface area contributed by atoms with E-state index in [2.05, 4.69) is 10.3 Å². The lowest BCUT2D eigenvalue weighted by Gasteiger charge is -2.19. The molecule has 1 heterocycles. The largest absolute Gasteiger partial charge is 0.480 e. The predicted molar refractivity (Wildman–Crippen MR) is 70.5 cm³/mol. The summed E-state index contributed by atoms with van der Waals surface area (Å²) in [5, 5.41) is 11.8. The highest BCUT2D eigenvalue weighted by Crippen LogP contribution is 2.19. The third-order valence-corrected chi connectivity index (χ3v) is 2.87. The second-order valence-corrected chi connectivity index (χ2v) is 4.94. The lowest BCUT2D eigenvalue weighted by Crippen LogP contribution is -2.46. The van der Waals surface area contributed by atoms with Gasteiger partial charge in [-0.2, -0.15) is 0 Å². The lowest BCUT2D eigenvalue weighted by molar-refractivity contribution is -0.143. The van der Waals surface area contributed by atoms with Crippen LogP contribution in [0.2, 0.25) is 0 Å². The van der Waals surface area contributed by atoms with Gasteiger partial charge in [0.2, 0.25) is 5.89 Å². The molecular formula is C14H15FN2O3. The molecule has 0 radical (unpaired) electrons. The summed E-state index contributed by atoms with van der Waals surface area (Å²) in [6.45, 7) is 3.36. The predicted octanol–water partition coefficient (Wildman–Crippen LogP) is 2.43. The molecule has 20 heavy (non-hydrogen) atoms. The molecule has 1 aromatic heterocycles. The topological polar surface area (TPSA) is 75.4 Å². The van der Waals surface area contributed by atoms with Crippen molar-refractivity contribution in [3.8, 4) is 11.5 Å². The molecule has 1 aromatic carbocycles. The molecule has 0 amide bonds. The van der Waals surface area contributed by atoms with Crippen molar-refractivity contribution in [2.24, 2.45) is 0 Å². The van der Waals surface area contributed by atoms with Crippen LogP contribution in [0.5, 0.6) is 0 Å². The van der Waals surface area contributed by atoms with Gasteiger partial charge in [-0.05, 0) is 32.0 Å². The Morgan fingerprint density at radius 1 is 1.50 bits per heavy atom. The van der Waals surface area contributed by atoms with Crippen LogP contribution in [0.15, 0.2) is 34.9 Å². The molecular weight excluding hydrogens is 263 g/mol. The second-order valence-electron chi connectivity index (χ2n) is 4.94. The van der Waals surface area contributed by atoms with Crippen LogP contribution >= 0.6 is 0 Å². The molecule has 5 nitrogen and oxygen atoms in total. The van der Waals surface area contributed by atoms with Crippen molar-refractivity contribution in [1.29, 1.82) is 0 Å². The van der Waals surface area contributed by atoms with Gasteiger partial charge in [0.1, 0.15) is 17.6 Å². The van der Waals surface area contributed by atoms with E-state index in [9.17, 15) is 9.18 Å². The van der Waals surface area contributed by atoms with Crippen LogP contribution < -0.4 is 5.32 Å². The van der Waals surface area contributed by atoms with Gasteiger partial charge in [0.05, 0.1) is 5.69 Å². The molecule has 2 N–H and O–H groups in total. The maximum Gasteiger partial charge on any atom is 0.323 e. The maximum absolute atomic E-state index is 13.1. The van der Waals surface area contributed by atoms with Crippen molar-refractivity contribution >= 4 is 5.97 Å². The van der Waals surface area contributed by atoms with Crippen LogP contribution in [0.25, 0.3) is 11.5 Å². The van der Waals surface area contributed by atoms with Gasteiger partial charge in [-0.3, -0.25) is 10.1 Å². The fourth-order valence-corrected chi connectivity index (χ4v) is 1.53. The zero-order valence-electron chi connectivity index (χ0n) is 11.2. The van der Waals surface area contributed by atoms with Gasteiger partial charge in [0.25, 0.3) is 0 Å². The minimum atomic E-state index is -1.06. The van der Waals surface area contributed by atoms with E-state index in [0.29, 0.717) is 17.1 Å². The summed E-state index contributed by atoms with van der Waals surface area (Å²) in [6.07, 6.45) is 1.42. The Bertz CT molecular complexity index is 622. The lowest BCUT2D eigenvalue weighted by atomic mass is 10.1. The van der Waals surface area contributed by atoms with Gasteiger partial charge in [0, 0.05) is 12.1 Å². The van der Waals surface area contributed by atoms with E-state index in [4.69, 9.17) is 9.52 Å². The highest BCUT2D eigenvalue weighted by molar-refractivity contribution is 5.77. The monoisotopic (exact) mass is 278 g/mol. The number of aliphatic carboxylic acids is 1. The number of nitrogens with one attached hydrogen (secondary N) is 1. The third-order valence-electron chi connectivity index (χ3n) is 2.87. The molecule has 0 saturated carbocycles. The van der Waals surface area contributed by atoms with Crippen molar-refractivity contribution < 1.29 is 18.7 Å². The average Bonchev–Trinajstić information content (AvgIpc) is 2.85. The first-order valence-corrected chi connectivity index (χ1v) is 6.07. The van der Waals surface area contributed by atoms with Crippen molar-refractivity contribution in [3.63, 3.8) is 0 Å². The first kappa shape index (κ1) is 14.2. The number of hydrogen-bond acceptors (Lipinski definition) is 4. The quantitative estimate of drug-likeness (QED) is 0.878. The Hall–Kier alpha value is -2.21. The van der Waals surface area contributed by atoms with Crippen LogP contribution in [0, 0.1) is 5.82 Å². The molecule has 106 valence electrons. The fraction of sp³-hybridized carbons (Fsp3) is 0.286. The smallest absolute Gasteiger partial charge is 0.323 e. The normalized spacial score (nSPS) is 11.6. The van der Waals surface area contributed by atoms with Crippen LogP contribution in [0.4, 0.5) is 4.39 Å². The number of rotatable bonds is 5. The van der Waals surface area contributed by atoms with Gasteiger partial charge in [0.15, 0.2) is 0 Å². The molecule has 0 aliphatic heterocycles. The summed E-state index contributed by atoms with van der Waals surface area (Å²) in [4.78, 5) is 15.2. The molecule has 0 fully saturated rings. The minimum Gasteiger partial charge on any atom is -0.480 e. The van der Waals surface area contributed by atoms with Gasteiger partial charge < -0.3 is 9.52 Å². The van der Waals surface area contributed by atoms with Gasteiger partial charge in [-0.15, -0.1) is 0 Å². The standard InChI is InChI=1S/C14H15FN2O3/c1-14(2,13(18)19)16-7-11-8-20-12(17-11)9-4-3-5-10(15)6-9/h3-6,8,16H,7H2,1-2H3,(H,18,19). The van der Waals surface area contributed by atoms with E-state index in [0.717, 1.165) is 0 Å². The minimum absolute atomic E-state index is 0.248. The van der Waals surface area contributed by atoms with Crippen LogP contribution in [0.3, 0.4) is 0 Å². The Balaban J connectivity index is 2.08. The summed E-state index contributed by atoms with van der Waals surface area (Å²) in [6, 6.07) is 5.92. The van der Waals surface area contributed by atoms with E-state index < -0.39 is 11.5 Å². The number of halogens is 1. The number of carbonyl (C=O) groups is 1. The van der Waals surface area contributed by atoms with Crippen molar-refractivity contribution in [2.45, 2.75) is 25.9 Å². The van der Waals surface area contributed by atoms with Crippen LogP contribution in [-0.2, 0) is 11.3 Å². The zero-order valence-corrected chi connectivity index (χ0v) is 11.2. The van der Waals surface area contributed by atoms with E-state index >= 15 is 0 Å². The van der Waals surface area contributed by atoms with Crippen molar-refractivity contribution in [3.05, 3.63) is 42.0 Å². The van der Waals surface area contributed by atoms with Gasteiger partial charge in [-0.1, -0.05) is 6.07 Å². The van der Waals surface area contributed by atoms with E-state index in [-0.39, 0.29) is 12.4 Å². The summed E-state index contributed by atoms with van der Waals surface area (Å²) < 4.78 is 18.4. The summed E-state index contributed by atoms with van der Waals surface area (Å²) in [5.74, 6) is -1.02. The Morgan fingerprint density at radius 3 is 2.90 bits per heavy atom. The molecule has 0 saturated heterocycles. The molecule has 2 rings (SSSR count). The Morgan fingerprint density at radius 2 is 2.25 bits per heavy atom. The molecule has 0 atom stereocenters. The van der Waals surface area contributed by atoms with Crippen molar-refractivity contribution in [1.82, 2.24) is 10.3 Å². The van der Waals surface area contributed by atoms with Gasteiger partial charge >= 0.3 is 5.97 Å². The summed E-state index contributed by atoms with van der Waals surface area (Å²) in [5.41, 5.74) is 0.0326. The Labute approximate surface area is 115 Å². The highest BCUT2D eigenvalue weighted by atomic mass is 19.1. The average molecular weight is 278 g/mol. The first-order chi connectivity index (χ1) is 9.38. The van der Waals surface area contributed by atoms with E-state index in [1.807, 2.05) is 0 Å². The van der Waals surface area contributed by atoms with E-state index in [1.54, 1.807) is 26.0 Å². The van der Waals surface area contributed by atoms with Crippen LogP contribution in [0.1, 0.15) is 19.5 Å². The van der Waals surface area contributed by atoms with Crippen molar-refractivity contribution in [2.75, 3.05) is 0 Å². The fourth-order valence-electron chi connectivity index (χ4n) is 1.53. The molecule has 0 aliphatic carbocycles. The number of hydrogen-bond donors (Lipinski definition) is 2.